The Bertz CT molecular complexity index is 1020. The molecular weight excluding hydrogens is 314 g/mol. The Balaban J connectivity index is 1.64. The number of aromatic amines is 1. The number of hydrogen-bond donors (Lipinski definition) is 2. The van der Waals surface area contributed by atoms with Crippen LogP contribution in [0.3, 0.4) is 0 Å². The highest BCUT2D eigenvalue weighted by molar-refractivity contribution is 7.91. The predicted molar refractivity (Wildman–Crippen MR) is 84.8 cm³/mol. The van der Waals surface area contributed by atoms with E-state index in [1.165, 1.54) is 0 Å². The van der Waals surface area contributed by atoms with Gasteiger partial charge in [0, 0.05) is 5.56 Å². The molecule has 1 atom stereocenters. The molecule has 6 nitrogen and oxygen atoms in total. The van der Waals surface area contributed by atoms with Crippen molar-refractivity contribution in [2.45, 2.75) is 10.9 Å². The molecule has 0 spiro atoms. The topological polar surface area (TPSA) is 91.9 Å². The first-order valence-corrected chi connectivity index (χ1v) is 8.75. The zero-order valence-electron chi connectivity index (χ0n) is 12.0. The molecule has 1 aromatic heterocycles. The quantitative estimate of drug-likeness (QED) is 0.751. The molecule has 0 unspecified atom stereocenters. The number of amides is 1. The van der Waals surface area contributed by atoms with Gasteiger partial charge in [-0.3, -0.25) is 4.79 Å². The first kappa shape index (κ1) is 14.0. The van der Waals surface area contributed by atoms with E-state index >= 15 is 0 Å². The number of benzene rings is 2. The van der Waals surface area contributed by atoms with Crippen molar-refractivity contribution in [1.29, 1.82) is 0 Å². The fraction of sp³-hybridized carbons (Fsp3) is 0.125. The maximum Gasteiger partial charge on any atom is 0.251 e. The standard InChI is InChI=1S/C16H13N3O3S/c20-16(10-5-6-12-13(7-10)18-9-17-12)19-14-8-23(21,22)15-4-2-1-3-11(14)15/h1-7,9,14H,8H2,(H,17,18)(H,19,20)/t14-/m1/s1. The molecule has 0 radical (unpaired) electrons. The molecule has 2 N–H and O–H groups in total. The van der Waals surface area contributed by atoms with Gasteiger partial charge in [-0.15, -0.1) is 0 Å². The fourth-order valence-electron chi connectivity index (χ4n) is 2.89. The van der Waals surface area contributed by atoms with Gasteiger partial charge in [0.2, 0.25) is 0 Å². The number of aromatic nitrogens is 2. The molecule has 0 saturated heterocycles. The Labute approximate surface area is 132 Å². The lowest BCUT2D eigenvalue weighted by Crippen LogP contribution is -2.29. The highest BCUT2D eigenvalue weighted by Crippen LogP contribution is 2.33. The molecule has 1 aliphatic rings. The molecule has 0 saturated carbocycles. The second kappa shape index (κ2) is 4.92. The van der Waals surface area contributed by atoms with Crippen LogP contribution in [0, 0.1) is 0 Å². The number of H-pyrrole nitrogens is 1. The zero-order valence-corrected chi connectivity index (χ0v) is 12.8. The van der Waals surface area contributed by atoms with E-state index in [9.17, 15) is 13.2 Å². The smallest absolute Gasteiger partial charge is 0.251 e. The van der Waals surface area contributed by atoms with Crippen LogP contribution in [-0.4, -0.2) is 30.0 Å². The first-order chi connectivity index (χ1) is 11.0. The number of fused-ring (bicyclic) bond motifs is 2. The van der Waals surface area contributed by atoms with Crippen molar-refractivity contribution >= 4 is 26.8 Å². The summed E-state index contributed by atoms with van der Waals surface area (Å²) in [5, 5.41) is 2.81. The average molecular weight is 327 g/mol. The fourth-order valence-corrected chi connectivity index (χ4v) is 4.63. The third kappa shape index (κ3) is 2.29. The largest absolute Gasteiger partial charge is 0.345 e. The number of carbonyl (C=O) groups excluding carboxylic acids is 1. The summed E-state index contributed by atoms with van der Waals surface area (Å²) < 4.78 is 24.3. The molecular formula is C16H13N3O3S. The van der Waals surface area contributed by atoms with E-state index in [0.717, 1.165) is 11.0 Å². The van der Waals surface area contributed by atoms with Gasteiger partial charge in [-0.1, -0.05) is 18.2 Å². The number of imidazole rings is 1. The summed E-state index contributed by atoms with van der Waals surface area (Å²) in [6.45, 7) is 0. The molecule has 4 rings (SSSR count). The number of sulfone groups is 1. The molecule has 7 heteroatoms. The number of carbonyl (C=O) groups is 1. The highest BCUT2D eigenvalue weighted by atomic mass is 32.2. The average Bonchev–Trinajstić information content (AvgIpc) is 3.10. The van der Waals surface area contributed by atoms with E-state index in [2.05, 4.69) is 15.3 Å². The summed E-state index contributed by atoms with van der Waals surface area (Å²) in [4.78, 5) is 19.8. The maximum atomic E-state index is 12.4. The van der Waals surface area contributed by atoms with Gasteiger partial charge in [0.15, 0.2) is 9.84 Å². The van der Waals surface area contributed by atoms with Gasteiger partial charge >= 0.3 is 0 Å². The number of rotatable bonds is 2. The Morgan fingerprint density at radius 2 is 2.04 bits per heavy atom. The van der Waals surface area contributed by atoms with E-state index in [1.807, 2.05) is 0 Å². The Kier molecular flexibility index (Phi) is 2.99. The van der Waals surface area contributed by atoms with Crippen LogP contribution in [0.2, 0.25) is 0 Å². The van der Waals surface area contributed by atoms with Gasteiger partial charge in [0.05, 0.1) is 34.1 Å². The minimum Gasteiger partial charge on any atom is -0.345 e. The van der Waals surface area contributed by atoms with Crippen molar-refractivity contribution in [3.63, 3.8) is 0 Å². The van der Waals surface area contributed by atoms with Gasteiger partial charge in [0.25, 0.3) is 5.91 Å². The van der Waals surface area contributed by atoms with Crippen molar-refractivity contribution < 1.29 is 13.2 Å². The van der Waals surface area contributed by atoms with Crippen LogP contribution in [0.4, 0.5) is 0 Å². The van der Waals surface area contributed by atoms with Crippen LogP contribution in [-0.2, 0) is 9.84 Å². The molecule has 2 heterocycles. The Hall–Kier alpha value is -2.67. The van der Waals surface area contributed by atoms with Gasteiger partial charge in [-0.2, -0.15) is 0 Å². The van der Waals surface area contributed by atoms with E-state index < -0.39 is 15.9 Å². The maximum absolute atomic E-state index is 12.4. The van der Waals surface area contributed by atoms with Crippen LogP contribution in [0.25, 0.3) is 11.0 Å². The summed E-state index contributed by atoms with van der Waals surface area (Å²) in [6.07, 6.45) is 1.56. The van der Waals surface area contributed by atoms with Crippen LogP contribution < -0.4 is 5.32 Å². The lowest BCUT2D eigenvalue weighted by atomic mass is 10.1. The van der Waals surface area contributed by atoms with Crippen molar-refractivity contribution in [1.82, 2.24) is 15.3 Å². The summed E-state index contributed by atoms with van der Waals surface area (Å²) in [7, 11) is -3.34. The second-order valence-corrected chi connectivity index (χ2v) is 7.48. The van der Waals surface area contributed by atoms with Crippen molar-refractivity contribution in [3.05, 3.63) is 59.9 Å². The molecule has 0 bridgehead atoms. The van der Waals surface area contributed by atoms with Gasteiger partial charge in [-0.25, -0.2) is 13.4 Å². The minimum atomic E-state index is -3.34. The van der Waals surface area contributed by atoms with Gasteiger partial charge < -0.3 is 10.3 Å². The van der Waals surface area contributed by atoms with E-state index in [1.54, 1.807) is 48.8 Å². The summed E-state index contributed by atoms with van der Waals surface area (Å²) in [5.41, 5.74) is 2.64. The van der Waals surface area contributed by atoms with Crippen molar-refractivity contribution in [2.75, 3.05) is 5.75 Å². The monoisotopic (exact) mass is 327 g/mol. The Morgan fingerprint density at radius 3 is 2.91 bits per heavy atom. The van der Waals surface area contributed by atoms with Gasteiger partial charge in [-0.05, 0) is 29.8 Å². The molecule has 2 aromatic carbocycles. The lowest BCUT2D eigenvalue weighted by Gasteiger charge is -2.12. The summed E-state index contributed by atoms with van der Waals surface area (Å²) in [6, 6.07) is 11.4. The predicted octanol–water partition coefficient (Wildman–Crippen LogP) is 1.82. The second-order valence-electron chi connectivity index (χ2n) is 5.48. The third-order valence-corrected chi connectivity index (χ3v) is 5.82. The van der Waals surface area contributed by atoms with Crippen LogP contribution in [0.15, 0.2) is 53.7 Å². The molecule has 3 aromatic rings. The molecule has 0 fully saturated rings. The first-order valence-electron chi connectivity index (χ1n) is 7.10. The highest BCUT2D eigenvalue weighted by Gasteiger charge is 2.35. The third-order valence-electron chi connectivity index (χ3n) is 4.00. The van der Waals surface area contributed by atoms with E-state index in [0.29, 0.717) is 16.0 Å². The summed E-state index contributed by atoms with van der Waals surface area (Å²) in [5.74, 6) is -0.414. The minimum absolute atomic E-state index is 0.107. The molecule has 23 heavy (non-hydrogen) atoms. The molecule has 116 valence electrons. The number of hydrogen-bond acceptors (Lipinski definition) is 4. The van der Waals surface area contributed by atoms with Crippen LogP contribution >= 0.6 is 0 Å². The van der Waals surface area contributed by atoms with Crippen LogP contribution in [0.5, 0.6) is 0 Å². The lowest BCUT2D eigenvalue weighted by molar-refractivity contribution is 0.0941. The van der Waals surface area contributed by atoms with Crippen molar-refractivity contribution in [3.8, 4) is 0 Å². The number of nitrogens with zero attached hydrogens (tertiary/aromatic N) is 1. The Morgan fingerprint density at radius 1 is 1.22 bits per heavy atom. The molecule has 1 aliphatic heterocycles. The number of nitrogens with one attached hydrogen (secondary N) is 2. The molecule has 0 aliphatic carbocycles. The van der Waals surface area contributed by atoms with Gasteiger partial charge in [0.1, 0.15) is 0 Å². The normalized spacial score (nSPS) is 18.7. The zero-order chi connectivity index (χ0) is 16.0. The SMILES string of the molecule is O=C(N[C@@H]1CS(=O)(=O)c2ccccc21)c1ccc2nc[nH]c2c1. The summed E-state index contributed by atoms with van der Waals surface area (Å²) >= 11 is 0. The van der Waals surface area contributed by atoms with Crippen LogP contribution in [0.1, 0.15) is 22.0 Å². The van der Waals surface area contributed by atoms with E-state index in [4.69, 9.17) is 0 Å². The molecule has 1 amide bonds. The van der Waals surface area contributed by atoms with Crippen molar-refractivity contribution in [2.24, 2.45) is 0 Å². The van der Waals surface area contributed by atoms with E-state index in [-0.39, 0.29) is 11.7 Å².